The van der Waals surface area contributed by atoms with Crippen molar-refractivity contribution in [3.8, 4) is 0 Å². The van der Waals surface area contributed by atoms with Gasteiger partial charge in [-0.25, -0.2) is 17.5 Å². The van der Waals surface area contributed by atoms with Gasteiger partial charge in [0.15, 0.2) is 5.82 Å². The Balaban J connectivity index is 2.31. The predicted octanol–water partition coefficient (Wildman–Crippen LogP) is 1.64. The molecule has 0 heterocycles. The second-order valence-electron chi connectivity index (χ2n) is 4.89. The van der Waals surface area contributed by atoms with Crippen LogP contribution in [0.3, 0.4) is 0 Å². The smallest absolute Gasteiger partial charge is 0.243 e. The van der Waals surface area contributed by atoms with Crippen LogP contribution in [0.2, 0.25) is 5.02 Å². The second-order valence-corrected chi connectivity index (χ2v) is 7.01. The number of anilines is 1. The molecule has 1 fully saturated rings. The van der Waals surface area contributed by atoms with Gasteiger partial charge in [0.25, 0.3) is 0 Å². The first kappa shape index (κ1) is 15.5. The van der Waals surface area contributed by atoms with E-state index in [9.17, 15) is 17.9 Å². The number of benzene rings is 1. The fraction of sp³-hybridized carbons (Fsp3) is 0.500. The average molecular weight is 323 g/mol. The van der Waals surface area contributed by atoms with E-state index >= 15 is 0 Å². The van der Waals surface area contributed by atoms with Crippen LogP contribution in [0, 0.1) is 5.82 Å². The summed E-state index contributed by atoms with van der Waals surface area (Å²) in [6, 6.07) is 1.53. The number of nitrogens with two attached hydrogens (primary N) is 1. The van der Waals surface area contributed by atoms with Crippen molar-refractivity contribution in [1.82, 2.24) is 4.72 Å². The standard InChI is InChI=1S/C12H16ClFN2O3S/c13-7-5-8(15)12(14)11(6-7)20(18,19)16-9-3-1-2-4-10(9)17/h5-6,9-10,16-17H,1-4,15H2. The fourth-order valence-electron chi connectivity index (χ4n) is 2.29. The summed E-state index contributed by atoms with van der Waals surface area (Å²) in [5.74, 6) is -1.04. The van der Waals surface area contributed by atoms with Crippen molar-refractivity contribution in [3.05, 3.63) is 23.0 Å². The summed E-state index contributed by atoms with van der Waals surface area (Å²) < 4.78 is 40.6. The van der Waals surface area contributed by atoms with Gasteiger partial charge in [-0.1, -0.05) is 24.4 Å². The van der Waals surface area contributed by atoms with E-state index in [4.69, 9.17) is 17.3 Å². The number of halogens is 2. The molecule has 0 spiro atoms. The van der Waals surface area contributed by atoms with Crippen molar-refractivity contribution in [3.63, 3.8) is 0 Å². The highest BCUT2D eigenvalue weighted by molar-refractivity contribution is 7.89. The van der Waals surface area contributed by atoms with Crippen molar-refractivity contribution in [1.29, 1.82) is 0 Å². The normalized spacial score (nSPS) is 23.8. The van der Waals surface area contributed by atoms with Crippen LogP contribution in [0.4, 0.5) is 10.1 Å². The molecule has 2 unspecified atom stereocenters. The summed E-state index contributed by atoms with van der Waals surface area (Å²) in [5.41, 5.74) is 5.05. The minimum Gasteiger partial charge on any atom is -0.396 e. The highest BCUT2D eigenvalue weighted by Crippen LogP contribution is 2.27. The Labute approximate surface area is 122 Å². The largest absolute Gasteiger partial charge is 0.396 e. The summed E-state index contributed by atoms with van der Waals surface area (Å²) in [5, 5.41) is 9.82. The van der Waals surface area contributed by atoms with Crippen LogP contribution in [0.15, 0.2) is 17.0 Å². The molecule has 1 aliphatic rings. The van der Waals surface area contributed by atoms with Crippen LogP contribution < -0.4 is 10.5 Å². The number of hydrogen-bond acceptors (Lipinski definition) is 4. The number of rotatable bonds is 3. The Morgan fingerprint density at radius 2 is 2.00 bits per heavy atom. The van der Waals surface area contributed by atoms with E-state index in [1.54, 1.807) is 0 Å². The Hall–Kier alpha value is -0.890. The molecule has 2 rings (SSSR count). The molecule has 5 nitrogen and oxygen atoms in total. The van der Waals surface area contributed by atoms with Gasteiger partial charge in [0.05, 0.1) is 11.8 Å². The first-order valence-corrected chi connectivity index (χ1v) is 8.12. The molecule has 1 saturated carbocycles. The van der Waals surface area contributed by atoms with Crippen molar-refractivity contribution < 1.29 is 17.9 Å². The molecular formula is C12H16ClFN2O3S. The van der Waals surface area contributed by atoms with Crippen LogP contribution in [0.25, 0.3) is 0 Å². The van der Waals surface area contributed by atoms with Crippen LogP contribution in [-0.4, -0.2) is 25.7 Å². The summed E-state index contributed by atoms with van der Waals surface area (Å²) in [4.78, 5) is -0.597. The molecule has 8 heteroatoms. The summed E-state index contributed by atoms with van der Waals surface area (Å²) in [6.07, 6.45) is 1.92. The van der Waals surface area contributed by atoms with Crippen molar-refractivity contribution >= 4 is 27.3 Å². The maximum absolute atomic E-state index is 13.9. The molecule has 0 saturated heterocycles. The number of sulfonamides is 1. The molecule has 0 aliphatic heterocycles. The third-order valence-corrected chi connectivity index (χ3v) is 5.07. The van der Waals surface area contributed by atoms with Crippen LogP contribution in [0.5, 0.6) is 0 Å². The molecule has 1 aromatic rings. The minimum absolute atomic E-state index is 0.0356. The van der Waals surface area contributed by atoms with E-state index in [0.29, 0.717) is 12.8 Å². The van der Waals surface area contributed by atoms with E-state index in [-0.39, 0.29) is 10.7 Å². The predicted molar refractivity (Wildman–Crippen MR) is 74.4 cm³/mol. The van der Waals surface area contributed by atoms with Crippen molar-refractivity contribution in [2.45, 2.75) is 42.7 Å². The monoisotopic (exact) mass is 322 g/mol. The van der Waals surface area contributed by atoms with Gasteiger partial charge in [0.1, 0.15) is 4.90 Å². The molecule has 0 radical (unpaired) electrons. The Kier molecular flexibility index (Phi) is 4.53. The number of aliphatic hydroxyl groups is 1. The zero-order valence-electron chi connectivity index (χ0n) is 10.6. The fourth-order valence-corrected chi connectivity index (χ4v) is 4.02. The van der Waals surface area contributed by atoms with Gasteiger partial charge in [-0.05, 0) is 25.0 Å². The lowest BCUT2D eigenvalue weighted by molar-refractivity contribution is 0.101. The molecule has 0 amide bonds. The van der Waals surface area contributed by atoms with Gasteiger partial charge in [0, 0.05) is 11.1 Å². The lowest BCUT2D eigenvalue weighted by atomic mass is 9.93. The average Bonchev–Trinajstić information content (AvgIpc) is 2.36. The highest BCUT2D eigenvalue weighted by atomic mass is 35.5. The van der Waals surface area contributed by atoms with Crippen molar-refractivity contribution in [2.24, 2.45) is 0 Å². The van der Waals surface area contributed by atoms with Gasteiger partial charge in [-0.2, -0.15) is 0 Å². The molecule has 0 aromatic heterocycles. The van der Waals surface area contributed by atoms with E-state index in [1.807, 2.05) is 0 Å². The lowest BCUT2D eigenvalue weighted by Crippen LogP contribution is -2.45. The van der Waals surface area contributed by atoms with Gasteiger partial charge in [-0.3, -0.25) is 0 Å². The van der Waals surface area contributed by atoms with E-state index < -0.39 is 32.9 Å². The lowest BCUT2D eigenvalue weighted by Gasteiger charge is -2.28. The summed E-state index contributed by atoms with van der Waals surface area (Å²) in [7, 11) is -4.12. The molecule has 4 N–H and O–H groups in total. The number of aliphatic hydroxyl groups excluding tert-OH is 1. The third-order valence-electron chi connectivity index (χ3n) is 3.36. The molecule has 2 atom stereocenters. The number of hydrogen-bond donors (Lipinski definition) is 3. The SMILES string of the molecule is Nc1cc(Cl)cc(S(=O)(=O)NC2CCCCC2O)c1F. The van der Waals surface area contributed by atoms with Crippen LogP contribution in [0.1, 0.15) is 25.7 Å². The molecule has 20 heavy (non-hydrogen) atoms. The summed E-state index contributed by atoms with van der Waals surface area (Å²) >= 11 is 5.71. The minimum atomic E-state index is -4.12. The van der Waals surface area contributed by atoms with E-state index in [2.05, 4.69) is 4.72 Å². The van der Waals surface area contributed by atoms with Crippen LogP contribution in [-0.2, 0) is 10.0 Å². The first-order chi connectivity index (χ1) is 9.31. The molecular weight excluding hydrogens is 307 g/mol. The number of nitrogen functional groups attached to an aromatic ring is 1. The first-order valence-electron chi connectivity index (χ1n) is 6.26. The Bertz CT molecular complexity index is 609. The van der Waals surface area contributed by atoms with Gasteiger partial charge in [0.2, 0.25) is 10.0 Å². The van der Waals surface area contributed by atoms with Gasteiger partial charge >= 0.3 is 0 Å². The van der Waals surface area contributed by atoms with Crippen LogP contribution >= 0.6 is 11.6 Å². The molecule has 1 aliphatic carbocycles. The molecule has 0 bridgehead atoms. The van der Waals surface area contributed by atoms with E-state index in [0.717, 1.165) is 25.0 Å². The zero-order chi connectivity index (χ0) is 14.9. The second kappa shape index (κ2) is 5.85. The van der Waals surface area contributed by atoms with Gasteiger partial charge in [-0.15, -0.1) is 0 Å². The zero-order valence-corrected chi connectivity index (χ0v) is 12.2. The maximum Gasteiger partial charge on any atom is 0.243 e. The number of nitrogens with one attached hydrogen (secondary N) is 1. The van der Waals surface area contributed by atoms with Crippen molar-refractivity contribution in [2.75, 3.05) is 5.73 Å². The molecule has 112 valence electrons. The maximum atomic E-state index is 13.9. The Morgan fingerprint density at radius 1 is 1.35 bits per heavy atom. The molecule has 1 aromatic carbocycles. The third kappa shape index (κ3) is 3.22. The topological polar surface area (TPSA) is 92.4 Å². The quantitative estimate of drug-likeness (QED) is 0.738. The summed E-state index contributed by atoms with van der Waals surface area (Å²) in [6.45, 7) is 0. The van der Waals surface area contributed by atoms with Gasteiger partial charge < -0.3 is 10.8 Å². The Morgan fingerprint density at radius 3 is 2.65 bits per heavy atom. The van der Waals surface area contributed by atoms with E-state index in [1.165, 1.54) is 0 Å². The highest BCUT2D eigenvalue weighted by Gasteiger charge is 2.30.